The predicted molar refractivity (Wildman–Crippen MR) is 90.1 cm³/mol. The smallest absolute Gasteiger partial charge is 0.108 e. The molecule has 0 radical (unpaired) electrons. The van der Waals surface area contributed by atoms with Crippen LogP contribution < -0.4 is 0 Å². The van der Waals surface area contributed by atoms with Gasteiger partial charge in [-0.3, -0.25) is 0 Å². The summed E-state index contributed by atoms with van der Waals surface area (Å²) in [6.45, 7) is 0.792. The van der Waals surface area contributed by atoms with Gasteiger partial charge in [0.05, 0.1) is 14.1 Å². The predicted octanol–water partition coefficient (Wildman–Crippen LogP) is 4.16. The molecule has 0 aliphatic heterocycles. The first-order valence-electron chi connectivity index (χ1n) is 8.26. The summed E-state index contributed by atoms with van der Waals surface area (Å²) in [5.41, 5.74) is 5.94. The summed E-state index contributed by atoms with van der Waals surface area (Å²) in [6, 6.07) is 17.8. The van der Waals surface area contributed by atoms with Gasteiger partial charge in [-0.1, -0.05) is 48.5 Å². The molecule has 2 nitrogen and oxygen atoms in total. The zero-order valence-electron chi connectivity index (χ0n) is 13.6. The Morgan fingerprint density at radius 3 is 1.91 bits per heavy atom. The van der Waals surface area contributed by atoms with Crippen LogP contribution in [0.2, 0.25) is 0 Å². The highest BCUT2D eigenvalue weighted by Crippen LogP contribution is 2.37. The summed E-state index contributed by atoms with van der Waals surface area (Å²) >= 11 is 0. The quantitative estimate of drug-likeness (QED) is 0.663. The molecule has 116 valence electrons. The number of hydrogen-bond acceptors (Lipinski definition) is 1. The van der Waals surface area contributed by atoms with Gasteiger partial charge in [0.1, 0.15) is 6.54 Å². The van der Waals surface area contributed by atoms with Crippen molar-refractivity contribution in [3.05, 3.63) is 70.8 Å². The molecule has 0 spiro atoms. The van der Waals surface area contributed by atoms with Crippen molar-refractivity contribution in [2.75, 3.05) is 20.6 Å². The molecule has 3 rings (SSSR count). The van der Waals surface area contributed by atoms with Crippen LogP contribution in [0.4, 0.5) is 0 Å². The number of rotatable bonds is 4. The molecule has 0 saturated heterocycles. The van der Waals surface area contributed by atoms with Crippen molar-refractivity contribution in [3.63, 3.8) is 0 Å². The molecule has 2 aromatic rings. The number of nitrogens with zero attached hydrogens (tertiary/aromatic N) is 1. The van der Waals surface area contributed by atoms with E-state index in [1.165, 1.54) is 22.3 Å². The molecule has 0 saturated carbocycles. The first-order chi connectivity index (χ1) is 10.5. The van der Waals surface area contributed by atoms with Crippen molar-refractivity contribution in [1.29, 1.82) is 0 Å². The number of fused-ring (bicyclic) bond motifs is 2. The molecule has 0 amide bonds. The lowest BCUT2D eigenvalue weighted by Gasteiger charge is -2.23. The molecular formula is C20H26NO+. The summed E-state index contributed by atoms with van der Waals surface area (Å²) in [6.07, 6.45) is 4.38. The second-order valence-electron chi connectivity index (χ2n) is 6.94. The maximum Gasteiger partial charge on any atom is 0.108 e. The molecule has 1 aliphatic rings. The van der Waals surface area contributed by atoms with E-state index in [-0.39, 0.29) is 4.65 Å². The van der Waals surface area contributed by atoms with Crippen LogP contribution in [-0.2, 0) is 12.8 Å². The van der Waals surface area contributed by atoms with E-state index in [2.05, 4.69) is 48.5 Å². The molecular weight excluding hydrogens is 270 g/mol. The number of hydrogen-bond donors (Lipinski definition) is 1. The molecule has 22 heavy (non-hydrogen) atoms. The van der Waals surface area contributed by atoms with Crippen molar-refractivity contribution in [1.82, 2.24) is 0 Å². The highest BCUT2D eigenvalue weighted by atomic mass is 16.5. The van der Waals surface area contributed by atoms with Crippen molar-refractivity contribution >= 4 is 0 Å². The van der Waals surface area contributed by atoms with Crippen molar-refractivity contribution in [2.45, 2.75) is 31.6 Å². The number of benzene rings is 2. The van der Waals surface area contributed by atoms with Crippen LogP contribution in [0.15, 0.2) is 48.5 Å². The van der Waals surface area contributed by atoms with E-state index in [0.29, 0.717) is 5.92 Å². The van der Waals surface area contributed by atoms with E-state index < -0.39 is 0 Å². The fourth-order valence-electron chi connectivity index (χ4n) is 3.63. The van der Waals surface area contributed by atoms with E-state index in [1.807, 2.05) is 14.1 Å². The van der Waals surface area contributed by atoms with Gasteiger partial charge in [-0.05, 0) is 41.5 Å². The van der Waals surface area contributed by atoms with Crippen molar-refractivity contribution in [3.8, 4) is 0 Å². The Bertz CT molecular complexity index is 595. The van der Waals surface area contributed by atoms with Crippen LogP contribution in [0.1, 0.15) is 41.0 Å². The topological polar surface area (TPSA) is 20.2 Å². The maximum atomic E-state index is 9.93. The molecule has 2 heteroatoms. The highest BCUT2D eigenvalue weighted by Gasteiger charge is 2.23. The summed E-state index contributed by atoms with van der Waals surface area (Å²) in [4.78, 5) is 0. The Morgan fingerprint density at radius 1 is 0.909 bits per heavy atom. The third-order valence-electron chi connectivity index (χ3n) is 4.72. The minimum atomic E-state index is 0.0516. The van der Waals surface area contributed by atoms with E-state index >= 15 is 0 Å². The van der Waals surface area contributed by atoms with Gasteiger partial charge in [-0.15, -0.1) is 0 Å². The number of hydroxylamine groups is 3. The minimum absolute atomic E-state index is 0.0516. The number of aryl methyl sites for hydroxylation is 2. The molecule has 2 aromatic carbocycles. The lowest BCUT2D eigenvalue weighted by atomic mass is 9.85. The first-order valence-corrected chi connectivity index (χ1v) is 8.26. The Labute approximate surface area is 133 Å². The SMILES string of the molecule is C[N+](C)(O)CCCC1c2ccccc2CCc2ccccc21. The molecule has 0 heterocycles. The molecule has 0 atom stereocenters. The zero-order chi connectivity index (χ0) is 15.6. The Balaban J connectivity index is 1.92. The molecule has 0 fully saturated rings. The fraction of sp³-hybridized carbons (Fsp3) is 0.400. The van der Waals surface area contributed by atoms with Gasteiger partial charge < -0.3 is 0 Å². The van der Waals surface area contributed by atoms with Crippen molar-refractivity contribution in [2.24, 2.45) is 0 Å². The van der Waals surface area contributed by atoms with E-state index in [4.69, 9.17) is 0 Å². The van der Waals surface area contributed by atoms with Gasteiger partial charge in [0, 0.05) is 12.3 Å². The summed E-state index contributed by atoms with van der Waals surface area (Å²) in [7, 11) is 3.68. The molecule has 0 aromatic heterocycles. The fourth-order valence-corrected chi connectivity index (χ4v) is 3.63. The second kappa shape index (κ2) is 6.23. The Morgan fingerprint density at radius 2 is 1.41 bits per heavy atom. The van der Waals surface area contributed by atoms with Crippen molar-refractivity contribution < 1.29 is 9.85 Å². The van der Waals surface area contributed by atoms with Crippen LogP contribution >= 0.6 is 0 Å². The summed E-state index contributed by atoms with van der Waals surface area (Å²) in [5, 5.41) is 9.93. The van der Waals surface area contributed by atoms with Gasteiger partial charge >= 0.3 is 0 Å². The third-order valence-corrected chi connectivity index (χ3v) is 4.72. The lowest BCUT2D eigenvalue weighted by molar-refractivity contribution is -1.07. The molecule has 0 bridgehead atoms. The average molecular weight is 296 g/mol. The summed E-state index contributed by atoms with van der Waals surface area (Å²) < 4.78 is 0.0516. The summed E-state index contributed by atoms with van der Waals surface area (Å²) in [5.74, 6) is 0.460. The van der Waals surface area contributed by atoms with Crippen LogP contribution in [0, 0.1) is 0 Å². The van der Waals surface area contributed by atoms with E-state index in [0.717, 1.165) is 32.2 Å². The van der Waals surface area contributed by atoms with Gasteiger partial charge in [-0.25, -0.2) is 5.21 Å². The largest absolute Gasteiger partial charge is 0.217 e. The van der Waals surface area contributed by atoms with Gasteiger partial charge in [-0.2, -0.15) is 4.65 Å². The minimum Gasteiger partial charge on any atom is -0.217 e. The van der Waals surface area contributed by atoms with Crippen LogP contribution in [0.3, 0.4) is 0 Å². The molecule has 1 N–H and O–H groups in total. The van der Waals surface area contributed by atoms with Crippen LogP contribution in [0.25, 0.3) is 0 Å². The zero-order valence-corrected chi connectivity index (χ0v) is 13.6. The average Bonchev–Trinajstić information content (AvgIpc) is 2.64. The van der Waals surface area contributed by atoms with Crippen LogP contribution in [0.5, 0.6) is 0 Å². The van der Waals surface area contributed by atoms with Gasteiger partial charge in [0.2, 0.25) is 0 Å². The first kappa shape index (κ1) is 15.3. The van der Waals surface area contributed by atoms with Gasteiger partial charge in [0.15, 0.2) is 0 Å². The highest BCUT2D eigenvalue weighted by molar-refractivity contribution is 5.44. The van der Waals surface area contributed by atoms with Crippen LogP contribution in [-0.4, -0.2) is 30.5 Å². The van der Waals surface area contributed by atoms with E-state index in [1.54, 1.807) is 0 Å². The molecule has 1 aliphatic carbocycles. The third kappa shape index (κ3) is 3.40. The second-order valence-corrected chi connectivity index (χ2v) is 6.94. The normalized spacial score (nSPS) is 15.0. The monoisotopic (exact) mass is 296 g/mol. The molecule has 0 unspecified atom stereocenters. The standard InChI is InChI=1S/C20H26NO/c1-21(2,22)15-7-12-20-18-10-5-3-8-16(18)13-14-17-9-4-6-11-19(17)20/h3-6,8-11,20,22H,7,12-15H2,1-2H3/q+1. The lowest BCUT2D eigenvalue weighted by Crippen LogP contribution is -2.36. The Kier molecular flexibility index (Phi) is 4.32. The Hall–Kier alpha value is -1.64. The number of quaternary nitrogens is 1. The van der Waals surface area contributed by atoms with Gasteiger partial charge in [0.25, 0.3) is 0 Å². The maximum absolute atomic E-state index is 9.93. The van der Waals surface area contributed by atoms with E-state index in [9.17, 15) is 5.21 Å².